The molecule has 2 heterocycles. The van der Waals surface area contributed by atoms with Gasteiger partial charge in [0.1, 0.15) is 0 Å². The largest absolute Gasteiger partial charge is 0.450 e. The van der Waals surface area contributed by atoms with Crippen molar-refractivity contribution in [1.29, 1.82) is 0 Å². The van der Waals surface area contributed by atoms with Gasteiger partial charge in [-0.05, 0) is 51.6 Å². The quantitative estimate of drug-likeness (QED) is 0.346. The van der Waals surface area contributed by atoms with Crippen LogP contribution in [0.1, 0.15) is 46.0 Å². The highest BCUT2D eigenvalue weighted by Gasteiger charge is 2.23. The Kier molecular flexibility index (Phi) is 11.3. The molecule has 2 rings (SSSR count). The van der Waals surface area contributed by atoms with Crippen molar-refractivity contribution in [1.82, 2.24) is 15.1 Å². The third-order valence-electron chi connectivity index (χ3n) is 4.96. The molecule has 0 aromatic heterocycles. The first-order valence-electron chi connectivity index (χ1n) is 9.79. The minimum absolute atomic E-state index is 0. The van der Waals surface area contributed by atoms with E-state index in [0.717, 1.165) is 25.9 Å². The lowest BCUT2D eigenvalue weighted by Gasteiger charge is -2.32. The van der Waals surface area contributed by atoms with Gasteiger partial charge < -0.3 is 25.6 Å². The van der Waals surface area contributed by atoms with Crippen molar-refractivity contribution in [2.24, 2.45) is 16.6 Å². The van der Waals surface area contributed by atoms with E-state index in [2.05, 4.69) is 22.1 Å². The molecule has 1 atom stereocenters. The van der Waals surface area contributed by atoms with Gasteiger partial charge in [0.25, 0.3) is 0 Å². The molecule has 0 bridgehead atoms. The summed E-state index contributed by atoms with van der Waals surface area (Å²) >= 11 is 0. The number of nitrogens with two attached hydrogens (primary N) is 1. The van der Waals surface area contributed by atoms with E-state index in [-0.39, 0.29) is 36.1 Å². The van der Waals surface area contributed by atoms with E-state index < -0.39 is 0 Å². The SMILES string of the molecule is CCOC(=O)N1CCC(NC(N)=NCC(C)CN2CCCCC2)CC1.I. The van der Waals surface area contributed by atoms with E-state index in [4.69, 9.17) is 10.5 Å². The zero-order valence-electron chi connectivity index (χ0n) is 16.3. The minimum atomic E-state index is -0.214. The fourth-order valence-electron chi connectivity index (χ4n) is 3.57. The molecule has 3 N–H and O–H groups in total. The number of likely N-dealkylation sites (tertiary alicyclic amines) is 2. The van der Waals surface area contributed by atoms with Crippen molar-refractivity contribution in [3.63, 3.8) is 0 Å². The summed E-state index contributed by atoms with van der Waals surface area (Å²) in [6.07, 6.45) is 5.55. The third kappa shape index (κ3) is 8.28. The van der Waals surface area contributed by atoms with Gasteiger partial charge in [-0.2, -0.15) is 0 Å². The van der Waals surface area contributed by atoms with Crippen molar-refractivity contribution >= 4 is 36.0 Å². The normalized spacial score (nSPS) is 21.0. The van der Waals surface area contributed by atoms with Crippen molar-refractivity contribution in [2.75, 3.05) is 45.9 Å². The highest BCUT2D eigenvalue weighted by atomic mass is 127. The maximum Gasteiger partial charge on any atom is 0.409 e. The Hall–Kier alpha value is -0.770. The van der Waals surface area contributed by atoms with E-state index in [1.165, 1.54) is 32.4 Å². The molecule has 2 saturated heterocycles. The van der Waals surface area contributed by atoms with Gasteiger partial charge in [0.15, 0.2) is 5.96 Å². The number of hydrogen-bond acceptors (Lipinski definition) is 4. The summed E-state index contributed by atoms with van der Waals surface area (Å²) in [5.41, 5.74) is 6.05. The average molecular weight is 481 g/mol. The lowest BCUT2D eigenvalue weighted by molar-refractivity contribution is 0.0963. The number of amides is 1. The second-order valence-electron chi connectivity index (χ2n) is 7.30. The van der Waals surface area contributed by atoms with Crippen LogP contribution in [0.3, 0.4) is 0 Å². The summed E-state index contributed by atoms with van der Waals surface area (Å²) in [4.78, 5) is 20.5. The van der Waals surface area contributed by atoms with Crippen molar-refractivity contribution < 1.29 is 9.53 Å². The van der Waals surface area contributed by atoms with Crippen molar-refractivity contribution in [3.05, 3.63) is 0 Å². The number of carbonyl (C=O) groups is 1. The summed E-state index contributed by atoms with van der Waals surface area (Å²) in [6.45, 7) is 10.2. The number of rotatable bonds is 6. The molecule has 0 aliphatic carbocycles. The van der Waals surface area contributed by atoms with Crippen LogP contribution in [0.2, 0.25) is 0 Å². The number of aliphatic imine (C=N–C) groups is 1. The maximum atomic E-state index is 11.7. The molecule has 2 aliphatic heterocycles. The van der Waals surface area contributed by atoms with Crippen LogP contribution < -0.4 is 11.1 Å². The molecule has 1 unspecified atom stereocenters. The average Bonchev–Trinajstić information content (AvgIpc) is 2.62. The fraction of sp³-hybridized carbons (Fsp3) is 0.889. The molecule has 2 fully saturated rings. The van der Waals surface area contributed by atoms with Crippen molar-refractivity contribution in [3.8, 4) is 0 Å². The van der Waals surface area contributed by atoms with E-state index in [0.29, 0.717) is 31.6 Å². The van der Waals surface area contributed by atoms with Gasteiger partial charge in [-0.15, -0.1) is 24.0 Å². The van der Waals surface area contributed by atoms with Gasteiger partial charge in [-0.25, -0.2) is 4.79 Å². The van der Waals surface area contributed by atoms with E-state index in [9.17, 15) is 4.79 Å². The van der Waals surface area contributed by atoms with E-state index >= 15 is 0 Å². The molecule has 26 heavy (non-hydrogen) atoms. The second-order valence-corrected chi connectivity index (χ2v) is 7.30. The van der Waals surface area contributed by atoms with Crippen LogP contribution in [0, 0.1) is 5.92 Å². The molecule has 0 spiro atoms. The molecule has 0 radical (unpaired) electrons. The highest BCUT2D eigenvalue weighted by Crippen LogP contribution is 2.12. The first kappa shape index (κ1) is 23.3. The molecule has 7 nitrogen and oxygen atoms in total. The Morgan fingerprint density at radius 1 is 1.23 bits per heavy atom. The molecule has 8 heteroatoms. The molecular weight excluding hydrogens is 445 g/mol. The molecule has 1 amide bonds. The van der Waals surface area contributed by atoms with Crippen LogP contribution in [0.15, 0.2) is 4.99 Å². The van der Waals surface area contributed by atoms with Crippen LogP contribution in [0.5, 0.6) is 0 Å². The lowest BCUT2D eigenvalue weighted by Crippen LogP contribution is -2.48. The smallest absolute Gasteiger partial charge is 0.409 e. The summed E-state index contributed by atoms with van der Waals surface area (Å²) < 4.78 is 5.04. The third-order valence-corrected chi connectivity index (χ3v) is 4.96. The Morgan fingerprint density at radius 3 is 2.50 bits per heavy atom. The van der Waals surface area contributed by atoms with E-state index in [1.54, 1.807) is 4.90 Å². The molecule has 2 aliphatic rings. The molecule has 0 aromatic carbocycles. The van der Waals surface area contributed by atoms with Gasteiger partial charge in [0.2, 0.25) is 0 Å². The second kappa shape index (κ2) is 12.6. The topological polar surface area (TPSA) is 83.2 Å². The maximum absolute atomic E-state index is 11.7. The Balaban J connectivity index is 0.00000338. The summed E-state index contributed by atoms with van der Waals surface area (Å²) in [5.74, 6) is 1.05. The van der Waals surface area contributed by atoms with E-state index in [1.807, 2.05) is 6.92 Å². The highest BCUT2D eigenvalue weighted by molar-refractivity contribution is 14.0. The number of ether oxygens (including phenoxy) is 1. The Bertz CT molecular complexity index is 435. The van der Waals surface area contributed by atoms with Crippen LogP contribution in [0.4, 0.5) is 4.79 Å². The number of halogens is 1. The first-order valence-corrected chi connectivity index (χ1v) is 9.79. The van der Waals surface area contributed by atoms with Gasteiger partial charge >= 0.3 is 6.09 Å². The first-order chi connectivity index (χ1) is 12.1. The predicted molar refractivity (Wildman–Crippen MR) is 116 cm³/mol. The number of piperidine rings is 2. The molecule has 0 aromatic rings. The Labute approximate surface area is 175 Å². The minimum Gasteiger partial charge on any atom is -0.450 e. The van der Waals surface area contributed by atoms with Crippen LogP contribution in [0.25, 0.3) is 0 Å². The molecule has 152 valence electrons. The summed E-state index contributed by atoms with van der Waals surface area (Å²) in [5, 5.41) is 3.30. The lowest BCUT2D eigenvalue weighted by atomic mass is 10.1. The number of hydrogen-bond donors (Lipinski definition) is 2. The number of guanidine groups is 1. The van der Waals surface area contributed by atoms with Gasteiger partial charge in [-0.1, -0.05) is 13.3 Å². The molecular formula is C18H36IN5O2. The number of carbonyl (C=O) groups excluding carboxylic acids is 1. The molecule has 0 saturated carbocycles. The fourth-order valence-corrected chi connectivity index (χ4v) is 3.57. The van der Waals surface area contributed by atoms with Crippen molar-refractivity contribution in [2.45, 2.75) is 52.0 Å². The summed E-state index contributed by atoms with van der Waals surface area (Å²) in [6, 6.07) is 0.284. The van der Waals surface area contributed by atoms with Crippen LogP contribution in [-0.4, -0.2) is 73.8 Å². The predicted octanol–water partition coefficient (Wildman–Crippen LogP) is 2.25. The Morgan fingerprint density at radius 2 is 1.88 bits per heavy atom. The summed E-state index contributed by atoms with van der Waals surface area (Å²) in [7, 11) is 0. The zero-order chi connectivity index (χ0) is 18.1. The standard InChI is InChI=1S/C18H35N5O2.HI/c1-3-25-18(24)23-11-7-16(8-12-23)21-17(19)20-13-15(2)14-22-9-5-4-6-10-22;/h15-16H,3-14H2,1-2H3,(H3,19,20,21);1H. The number of nitrogens with one attached hydrogen (secondary N) is 1. The monoisotopic (exact) mass is 481 g/mol. The van der Waals surface area contributed by atoms with Gasteiger partial charge in [0.05, 0.1) is 6.61 Å². The van der Waals surface area contributed by atoms with Crippen LogP contribution in [-0.2, 0) is 4.74 Å². The zero-order valence-corrected chi connectivity index (χ0v) is 18.6. The van der Waals surface area contributed by atoms with Gasteiger partial charge in [0, 0.05) is 32.2 Å². The van der Waals surface area contributed by atoms with Crippen LogP contribution >= 0.6 is 24.0 Å². The van der Waals surface area contributed by atoms with Gasteiger partial charge in [-0.3, -0.25) is 4.99 Å². The number of nitrogens with zero attached hydrogens (tertiary/aromatic N) is 3.